The summed E-state index contributed by atoms with van der Waals surface area (Å²) in [5.41, 5.74) is 0.545. The maximum Gasteiger partial charge on any atom is 0.255 e. The minimum Gasteiger partial charge on any atom is -0.481 e. The van der Waals surface area contributed by atoms with Crippen LogP contribution < -0.4 is 4.74 Å². The minimum absolute atomic E-state index is 0.0468. The van der Waals surface area contributed by atoms with Crippen LogP contribution in [-0.2, 0) is 9.53 Å². The lowest BCUT2D eigenvalue weighted by atomic mass is 10.2. The van der Waals surface area contributed by atoms with Crippen molar-refractivity contribution in [3.63, 3.8) is 0 Å². The average molecular weight is 390 g/mol. The zero-order valence-electron chi connectivity index (χ0n) is 16.8. The summed E-state index contributed by atoms with van der Waals surface area (Å²) in [4.78, 5) is 35.2. The number of carbonyl (C=O) groups is 2. The van der Waals surface area contributed by atoms with Crippen molar-refractivity contribution in [3.8, 4) is 5.88 Å². The lowest BCUT2D eigenvalue weighted by Gasteiger charge is -2.30. The third-order valence-corrected chi connectivity index (χ3v) is 5.47. The van der Waals surface area contributed by atoms with Gasteiger partial charge in [0.2, 0.25) is 11.8 Å². The van der Waals surface area contributed by atoms with Gasteiger partial charge in [-0.1, -0.05) is 0 Å². The number of pyridine rings is 1. The Bertz CT molecular complexity index is 661. The monoisotopic (exact) mass is 390 g/mol. The maximum absolute atomic E-state index is 12.7. The van der Waals surface area contributed by atoms with Gasteiger partial charge in [0, 0.05) is 58.5 Å². The molecule has 2 aliphatic rings. The zero-order valence-corrected chi connectivity index (χ0v) is 16.8. The number of nitrogens with zero attached hydrogens (tertiary/aromatic N) is 4. The van der Waals surface area contributed by atoms with Gasteiger partial charge < -0.3 is 19.3 Å². The normalized spacial score (nSPS) is 20.2. The Kier molecular flexibility index (Phi) is 7.22. The quantitative estimate of drug-likeness (QED) is 0.688. The molecule has 8 nitrogen and oxygen atoms in total. The van der Waals surface area contributed by atoms with Crippen molar-refractivity contribution >= 4 is 11.8 Å². The van der Waals surface area contributed by atoms with E-state index in [4.69, 9.17) is 9.47 Å². The highest BCUT2D eigenvalue weighted by Gasteiger charge is 2.32. The molecule has 2 amide bonds. The number of likely N-dealkylation sites (tertiary alicyclic amines) is 1. The minimum atomic E-state index is -0.0468. The van der Waals surface area contributed by atoms with E-state index in [0.717, 1.165) is 52.2 Å². The molecule has 2 aliphatic heterocycles. The molecule has 0 aliphatic carbocycles. The highest BCUT2D eigenvalue weighted by molar-refractivity contribution is 5.94. The maximum atomic E-state index is 12.7. The Morgan fingerprint density at radius 3 is 2.71 bits per heavy atom. The Labute approximate surface area is 166 Å². The summed E-state index contributed by atoms with van der Waals surface area (Å²) in [6.45, 7) is 8.04. The molecular formula is C20H30N4O4. The summed E-state index contributed by atoms with van der Waals surface area (Å²) in [6.07, 6.45) is 3.29. The molecule has 3 rings (SSSR count). The van der Waals surface area contributed by atoms with E-state index in [9.17, 15) is 9.59 Å². The molecule has 0 bridgehead atoms. The van der Waals surface area contributed by atoms with Crippen LogP contribution in [0.25, 0.3) is 0 Å². The molecule has 1 aromatic heterocycles. The Morgan fingerprint density at radius 2 is 2.07 bits per heavy atom. The summed E-state index contributed by atoms with van der Waals surface area (Å²) in [5, 5.41) is 0. The van der Waals surface area contributed by atoms with E-state index < -0.39 is 0 Å². The second-order valence-electron chi connectivity index (χ2n) is 7.30. The first-order valence-corrected chi connectivity index (χ1v) is 9.95. The number of hydrogen-bond acceptors (Lipinski definition) is 6. The van der Waals surface area contributed by atoms with Crippen molar-refractivity contribution in [2.24, 2.45) is 0 Å². The fourth-order valence-electron chi connectivity index (χ4n) is 3.88. The molecule has 8 heteroatoms. The summed E-state index contributed by atoms with van der Waals surface area (Å²) in [5.74, 6) is 0.515. The molecular weight excluding hydrogens is 360 g/mol. The van der Waals surface area contributed by atoms with E-state index >= 15 is 0 Å². The molecule has 1 aromatic rings. The number of ether oxygens (including phenoxy) is 2. The second-order valence-corrected chi connectivity index (χ2v) is 7.30. The molecule has 0 saturated carbocycles. The van der Waals surface area contributed by atoms with Gasteiger partial charge in [-0.3, -0.25) is 14.5 Å². The SMILES string of the molecule is COc1ccc(C(=O)N2CCC(N(CCCN3CCOCC3)C(C)=O)C2)cn1. The highest BCUT2D eigenvalue weighted by Crippen LogP contribution is 2.19. The van der Waals surface area contributed by atoms with Crippen molar-refractivity contribution in [1.82, 2.24) is 19.7 Å². The van der Waals surface area contributed by atoms with E-state index in [1.165, 1.54) is 0 Å². The van der Waals surface area contributed by atoms with Crippen molar-refractivity contribution in [3.05, 3.63) is 23.9 Å². The summed E-state index contributed by atoms with van der Waals surface area (Å²) >= 11 is 0. The zero-order chi connectivity index (χ0) is 19.9. The number of rotatable bonds is 7. The molecule has 3 heterocycles. The van der Waals surface area contributed by atoms with Gasteiger partial charge in [0.05, 0.1) is 31.9 Å². The second kappa shape index (κ2) is 9.84. The van der Waals surface area contributed by atoms with Crippen molar-refractivity contribution in [2.75, 3.05) is 59.6 Å². The number of morpholine rings is 1. The molecule has 0 radical (unpaired) electrons. The van der Waals surface area contributed by atoms with Gasteiger partial charge in [0.25, 0.3) is 5.91 Å². The Hall–Kier alpha value is -2.19. The predicted molar refractivity (Wildman–Crippen MR) is 104 cm³/mol. The molecule has 1 atom stereocenters. The summed E-state index contributed by atoms with van der Waals surface area (Å²) in [6, 6.07) is 3.50. The van der Waals surface area contributed by atoms with Gasteiger partial charge in [-0.15, -0.1) is 0 Å². The van der Waals surface area contributed by atoms with Crippen LogP contribution in [0.2, 0.25) is 0 Å². The molecule has 2 saturated heterocycles. The van der Waals surface area contributed by atoms with Crippen LogP contribution in [0.3, 0.4) is 0 Å². The van der Waals surface area contributed by atoms with Crippen LogP contribution in [-0.4, -0.2) is 97.1 Å². The molecule has 0 spiro atoms. The standard InChI is InChI=1S/C20H30N4O4/c1-16(25)24(8-3-7-22-10-12-28-13-11-22)18-6-9-23(15-18)20(26)17-4-5-19(27-2)21-14-17/h4-5,14,18H,3,6-13,15H2,1-2H3. The summed E-state index contributed by atoms with van der Waals surface area (Å²) in [7, 11) is 1.55. The molecule has 0 N–H and O–H groups in total. The highest BCUT2D eigenvalue weighted by atomic mass is 16.5. The molecule has 28 heavy (non-hydrogen) atoms. The van der Waals surface area contributed by atoms with Gasteiger partial charge in [-0.05, 0) is 18.9 Å². The van der Waals surface area contributed by atoms with Crippen molar-refractivity contribution < 1.29 is 19.1 Å². The van der Waals surface area contributed by atoms with Crippen molar-refractivity contribution in [2.45, 2.75) is 25.8 Å². The third-order valence-electron chi connectivity index (χ3n) is 5.47. The first-order chi connectivity index (χ1) is 13.6. The average Bonchev–Trinajstić information content (AvgIpc) is 3.21. The predicted octanol–water partition coefficient (Wildman–Crippen LogP) is 0.876. The first-order valence-electron chi connectivity index (χ1n) is 9.95. The van der Waals surface area contributed by atoms with Gasteiger partial charge >= 0.3 is 0 Å². The molecule has 154 valence electrons. The number of amides is 2. The van der Waals surface area contributed by atoms with E-state index in [2.05, 4.69) is 9.88 Å². The van der Waals surface area contributed by atoms with Crippen LogP contribution in [0.5, 0.6) is 5.88 Å². The number of methoxy groups -OCH3 is 1. The smallest absolute Gasteiger partial charge is 0.255 e. The Morgan fingerprint density at radius 1 is 1.29 bits per heavy atom. The van der Waals surface area contributed by atoms with Crippen molar-refractivity contribution in [1.29, 1.82) is 0 Å². The van der Waals surface area contributed by atoms with Gasteiger partial charge in [0.1, 0.15) is 0 Å². The third kappa shape index (κ3) is 5.20. The molecule has 2 fully saturated rings. The molecule has 1 unspecified atom stereocenters. The van der Waals surface area contributed by atoms with E-state index in [0.29, 0.717) is 24.5 Å². The first kappa shape index (κ1) is 20.5. The fourth-order valence-corrected chi connectivity index (χ4v) is 3.88. The van der Waals surface area contributed by atoms with E-state index in [-0.39, 0.29) is 17.9 Å². The largest absolute Gasteiger partial charge is 0.481 e. The molecule has 0 aromatic carbocycles. The Balaban J connectivity index is 1.51. The van der Waals surface area contributed by atoms with Gasteiger partial charge in [0.15, 0.2) is 0 Å². The fraction of sp³-hybridized carbons (Fsp3) is 0.650. The lowest BCUT2D eigenvalue weighted by molar-refractivity contribution is -0.131. The van der Waals surface area contributed by atoms with Crippen LogP contribution >= 0.6 is 0 Å². The van der Waals surface area contributed by atoms with E-state index in [1.54, 1.807) is 32.4 Å². The van der Waals surface area contributed by atoms with Crippen LogP contribution in [0.4, 0.5) is 0 Å². The number of aromatic nitrogens is 1. The number of hydrogen-bond donors (Lipinski definition) is 0. The van der Waals surface area contributed by atoms with Gasteiger partial charge in [-0.25, -0.2) is 4.98 Å². The van der Waals surface area contributed by atoms with Crippen LogP contribution in [0.1, 0.15) is 30.1 Å². The number of carbonyl (C=O) groups excluding carboxylic acids is 2. The topological polar surface area (TPSA) is 75.2 Å². The van der Waals surface area contributed by atoms with Gasteiger partial charge in [-0.2, -0.15) is 0 Å². The lowest BCUT2D eigenvalue weighted by Crippen LogP contribution is -2.43. The van der Waals surface area contributed by atoms with E-state index in [1.807, 2.05) is 9.80 Å². The summed E-state index contributed by atoms with van der Waals surface area (Å²) < 4.78 is 10.4. The van der Waals surface area contributed by atoms with Crippen LogP contribution in [0, 0.1) is 0 Å². The van der Waals surface area contributed by atoms with Crippen LogP contribution in [0.15, 0.2) is 18.3 Å².